The summed E-state index contributed by atoms with van der Waals surface area (Å²) in [5.41, 5.74) is 2.06. The minimum atomic E-state index is -0.419. The van der Waals surface area contributed by atoms with Crippen LogP contribution in [0, 0.1) is 0 Å². The number of carbonyl (C=O) groups is 2. The van der Waals surface area contributed by atoms with Crippen molar-refractivity contribution < 1.29 is 19.1 Å². The van der Waals surface area contributed by atoms with E-state index in [9.17, 15) is 9.59 Å². The standard InChI is InChI=1S/C30H34N2O4S8/c1-19(21-11-7-5-8-12-21)31-29(33)35-15-17-39-25-26(44-28(43-25)27-41-23(37-3)24(38-4)42-27)40-18-16-36-30(34)32-20(2)22-13-9-6-10-14-22/h5-14,19-20H,15-18H2,1-4H3,(H,31,33)(H,32,34). The van der Waals surface area contributed by atoms with Gasteiger partial charge in [-0.05, 0) is 37.5 Å². The Labute approximate surface area is 294 Å². The summed E-state index contributed by atoms with van der Waals surface area (Å²) in [6, 6.07) is 19.4. The van der Waals surface area contributed by atoms with E-state index in [1.807, 2.05) is 98.0 Å². The molecule has 236 valence electrons. The third kappa shape index (κ3) is 11.1. The zero-order chi connectivity index (χ0) is 31.3. The fraction of sp³-hybridized carbons (Fsp3) is 0.333. The fourth-order valence-corrected chi connectivity index (χ4v) is 14.7. The number of alkyl carbamates (subject to hydrolysis) is 2. The van der Waals surface area contributed by atoms with E-state index >= 15 is 0 Å². The molecule has 14 heteroatoms. The molecule has 0 aromatic heterocycles. The molecule has 2 N–H and O–H groups in total. The number of amides is 2. The summed E-state index contributed by atoms with van der Waals surface area (Å²) in [4.78, 5) is 24.7. The number of hydrogen-bond acceptors (Lipinski definition) is 12. The van der Waals surface area contributed by atoms with Gasteiger partial charge in [-0.15, -0.1) is 47.0 Å². The molecule has 44 heavy (non-hydrogen) atoms. The number of ether oxygens (including phenoxy) is 2. The van der Waals surface area contributed by atoms with Crippen molar-refractivity contribution in [2.75, 3.05) is 37.2 Å². The average Bonchev–Trinajstić information content (AvgIpc) is 3.66. The lowest BCUT2D eigenvalue weighted by Crippen LogP contribution is -2.28. The lowest BCUT2D eigenvalue weighted by atomic mass is 10.1. The molecular weight excluding hydrogens is 709 g/mol. The second-order valence-electron chi connectivity index (χ2n) is 9.06. The Morgan fingerprint density at radius 2 is 1.00 bits per heavy atom. The molecule has 2 aromatic carbocycles. The lowest BCUT2D eigenvalue weighted by molar-refractivity contribution is 0.149. The van der Waals surface area contributed by atoms with Gasteiger partial charge in [-0.3, -0.25) is 0 Å². The fourth-order valence-electron chi connectivity index (χ4n) is 3.76. The molecule has 6 nitrogen and oxygen atoms in total. The predicted molar refractivity (Wildman–Crippen MR) is 202 cm³/mol. The average molecular weight is 743 g/mol. The number of thioether (sulfide) groups is 8. The van der Waals surface area contributed by atoms with E-state index in [1.54, 1.807) is 70.6 Å². The Kier molecular flexibility index (Phi) is 15.5. The minimum absolute atomic E-state index is 0.128. The van der Waals surface area contributed by atoms with E-state index in [-0.39, 0.29) is 12.1 Å². The molecule has 2 heterocycles. The maximum atomic E-state index is 12.4. The summed E-state index contributed by atoms with van der Waals surface area (Å²) in [6.45, 7) is 4.49. The van der Waals surface area contributed by atoms with Crippen molar-refractivity contribution >= 4 is 106 Å². The molecule has 0 fully saturated rings. The molecule has 0 radical (unpaired) electrons. The predicted octanol–water partition coefficient (Wildman–Crippen LogP) is 10.5. The Morgan fingerprint density at radius 1 is 0.636 bits per heavy atom. The highest BCUT2D eigenvalue weighted by molar-refractivity contribution is 8.45. The topological polar surface area (TPSA) is 76.7 Å². The maximum Gasteiger partial charge on any atom is 0.407 e. The number of benzene rings is 2. The molecule has 2 aliphatic heterocycles. The van der Waals surface area contributed by atoms with Crippen LogP contribution in [-0.2, 0) is 9.47 Å². The molecule has 2 amide bonds. The van der Waals surface area contributed by atoms with Crippen LogP contribution in [0.25, 0.3) is 0 Å². The molecule has 2 unspecified atom stereocenters. The summed E-state index contributed by atoms with van der Waals surface area (Å²) in [6.07, 6.45) is 3.40. The van der Waals surface area contributed by atoms with Gasteiger partial charge in [-0.1, -0.05) is 108 Å². The first-order valence-electron chi connectivity index (χ1n) is 13.6. The molecule has 0 saturated carbocycles. The lowest BCUT2D eigenvalue weighted by Gasteiger charge is -2.14. The van der Waals surface area contributed by atoms with Gasteiger partial charge in [0.25, 0.3) is 0 Å². The van der Waals surface area contributed by atoms with Crippen LogP contribution in [0.15, 0.2) is 86.1 Å². The van der Waals surface area contributed by atoms with Crippen LogP contribution in [0.3, 0.4) is 0 Å². The van der Waals surface area contributed by atoms with Crippen LogP contribution in [0.5, 0.6) is 0 Å². The van der Waals surface area contributed by atoms with Crippen molar-refractivity contribution in [1.29, 1.82) is 0 Å². The summed E-state index contributed by atoms with van der Waals surface area (Å²) in [5, 5.41) is 5.79. The van der Waals surface area contributed by atoms with Gasteiger partial charge in [0.05, 0.1) is 37.5 Å². The molecule has 0 spiro atoms. The maximum absolute atomic E-state index is 12.4. The Morgan fingerprint density at radius 3 is 1.36 bits per heavy atom. The van der Waals surface area contributed by atoms with Crippen molar-refractivity contribution in [3.05, 3.63) is 97.2 Å². The first-order valence-corrected chi connectivity index (χ1v) is 21.3. The monoisotopic (exact) mass is 742 g/mol. The third-order valence-corrected chi connectivity index (χ3v) is 17.2. The summed E-state index contributed by atoms with van der Waals surface area (Å²) in [5.74, 6) is 1.29. The van der Waals surface area contributed by atoms with Crippen molar-refractivity contribution in [2.24, 2.45) is 0 Å². The van der Waals surface area contributed by atoms with Crippen LogP contribution in [0.2, 0.25) is 0 Å². The highest BCUT2D eigenvalue weighted by Crippen LogP contribution is 2.65. The second kappa shape index (κ2) is 19.0. The number of carbonyl (C=O) groups excluding carboxylic acids is 2. The van der Waals surface area contributed by atoms with Gasteiger partial charge in [0.15, 0.2) is 0 Å². The largest absolute Gasteiger partial charge is 0.449 e. The van der Waals surface area contributed by atoms with Gasteiger partial charge in [-0.2, -0.15) is 0 Å². The van der Waals surface area contributed by atoms with Crippen molar-refractivity contribution in [3.8, 4) is 0 Å². The Bertz CT molecular complexity index is 1270. The van der Waals surface area contributed by atoms with Gasteiger partial charge >= 0.3 is 12.2 Å². The van der Waals surface area contributed by atoms with Gasteiger partial charge in [0.1, 0.15) is 13.2 Å². The van der Waals surface area contributed by atoms with Crippen LogP contribution in [-0.4, -0.2) is 49.4 Å². The van der Waals surface area contributed by atoms with E-state index in [0.717, 1.165) is 11.1 Å². The Balaban J connectivity index is 1.28. The number of nitrogens with one attached hydrogen (secondary N) is 2. The molecule has 0 bridgehead atoms. The SMILES string of the molecule is CSC1=C(SC)SC(=C2SC(SCCOC(=O)NC(C)c3ccccc3)=C(SCCOC(=O)NC(C)c3ccccc3)S2)S1. The van der Waals surface area contributed by atoms with E-state index < -0.39 is 12.2 Å². The van der Waals surface area contributed by atoms with Crippen molar-refractivity contribution in [1.82, 2.24) is 10.6 Å². The minimum Gasteiger partial charge on any atom is -0.449 e. The van der Waals surface area contributed by atoms with Crippen LogP contribution in [0.4, 0.5) is 9.59 Å². The molecule has 0 saturated heterocycles. The first kappa shape index (κ1) is 35.8. The van der Waals surface area contributed by atoms with Crippen LogP contribution in [0.1, 0.15) is 37.1 Å². The highest BCUT2D eigenvalue weighted by Gasteiger charge is 2.30. The zero-order valence-electron chi connectivity index (χ0n) is 24.7. The van der Waals surface area contributed by atoms with Crippen LogP contribution < -0.4 is 10.6 Å². The van der Waals surface area contributed by atoms with E-state index in [1.165, 1.54) is 25.4 Å². The first-order chi connectivity index (χ1) is 21.4. The second-order valence-corrected chi connectivity index (χ2v) is 18.5. The third-order valence-electron chi connectivity index (χ3n) is 5.98. The smallest absolute Gasteiger partial charge is 0.407 e. The number of rotatable bonds is 14. The van der Waals surface area contributed by atoms with Gasteiger partial charge in [0.2, 0.25) is 0 Å². The molecule has 0 aliphatic carbocycles. The number of hydrogen-bond donors (Lipinski definition) is 2. The van der Waals surface area contributed by atoms with Gasteiger partial charge < -0.3 is 20.1 Å². The molecular formula is C30H34N2O4S8. The summed E-state index contributed by atoms with van der Waals surface area (Å²) >= 11 is 14.2. The van der Waals surface area contributed by atoms with Gasteiger partial charge in [0, 0.05) is 11.5 Å². The molecule has 2 atom stereocenters. The van der Waals surface area contributed by atoms with Gasteiger partial charge in [-0.25, -0.2) is 9.59 Å². The van der Waals surface area contributed by atoms with E-state index in [0.29, 0.717) is 24.7 Å². The highest BCUT2D eigenvalue weighted by atomic mass is 32.3. The zero-order valence-corrected chi connectivity index (χ0v) is 31.2. The van der Waals surface area contributed by atoms with E-state index in [2.05, 4.69) is 23.1 Å². The summed E-state index contributed by atoms with van der Waals surface area (Å²) < 4.78 is 18.6. The van der Waals surface area contributed by atoms with E-state index in [4.69, 9.17) is 9.47 Å². The van der Waals surface area contributed by atoms with Crippen molar-refractivity contribution in [3.63, 3.8) is 0 Å². The molecule has 2 aromatic rings. The Hall–Kier alpha value is -1.000. The summed E-state index contributed by atoms with van der Waals surface area (Å²) in [7, 11) is 0. The van der Waals surface area contributed by atoms with Crippen LogP contribution >= 0.6 is 94.1 Å². The quantitative estimate of drug-likeness (QED) is 0.181. The van der Waals surface area contributed by atoms with Crippen molar-refractivity contribution in [2.45, 2.75) is 25.9 Å². The molecule has 2 aliphatic rings. The molecule has 4 rings (SSSR count). The normalized spacial score (nSPS) is 16.3.